The molecule has 0 bridgehead atoms. The normalized spacial score (nSPS) is 17.3. The Bertz CT molecular complexity index is 985. The lowest BCUT2D eigenvalue weighted by atomic mass is 10.0. The zero-order valence-corrected chi connectivity index (χ0v) is 19.0. The fourth-order valence-corrected chi connectivity index (χ4v) is 4.66. The molecule has 0 aromatic heterocycles. The molecule has 0 unspecified atom stereocenters. The third kappa shape index (κ3) is 5.84. The van der Waals surface area contributed by atoms with Crippen LogP contribution >= 0.6 is 0 Å². The second-order valence-corrected chi connectivity index (χ2v) is 9.56. The third-order valence-electron chi connectivity index (χ3n) is 5.63. The third-order valence-corrected chi connectivity index (χ3v) is 7.07. The average Bonchev–Trinajstić information content (AvgIpc) is 3.31. The van der Waals surface area contributed by atoms with Crippen LogP contribution in [-0.4, -0.2) is 58.7 Å². The summed E-state index contributed by atoms with van der Waals surface area (Å²) < 4.78 is 38.4. The molecule has 1 amide bonds. The number of nitrogens with zero attached hydrogens (tertiary/aromatic N) is 1. The lowest BCUT2D eigenvalue weighted by Gasteiger charge is -2.26. The van der Waals surface area contributed by atoms with E-state index in [2.05, 4.69) is 4.72 Å². The average molecular weight is 447 g/mol. The molecule has 1 fully saturated rings. The van der Waals surface area contributed by atoms with Gasteiger partial charge in [0.05, 0.1) is 18.1 Å². The van der Waals surface area contributed by atoms with Crippen molar-refractivity contribution < 1.29 is 22.7 Å². The van der Waals surface area contributed by atoms with Crippen LogP contribution in [-0.2, 0) is 21.2 Å². The molecule has 0 radical (unpaired) electrons. The lowest BCUT2D eigenvalue weighted by molar-refractivity contribution is 0.0743. The predicted molar refractivity (Wildman–Crippen MR) is 119 cm³/mol. The molecular weight excluding hydrogens is 416 g/mol. The highest BCUT2D eigenvalue weighted by molar-refractivity contribution is 7.89. The summed E-state index contributed by atoms with van der Waals surface area (Å²) in [6.07, 6.45) is 2.38. The predicted octanol–water partition coefficient (Wildman–Crippen LogP) is 2.86. The van der Waals surface area contributed by atoms with Crippen molar-refractivity contribution in [3.8, 4) is 5.75 Å². The summed E-state index contributed by atoms with van der Waals surface area (Å²) in [7, 11) is -0.269. The molecule has 2 atom stereocenters. The maximum Gasteiger partial charge on any atom is 0.253 e. The summed E-state index contributed by atoms with van der Waals surface area (Å²) in [6.45, 7) is 2.90. The van der Waals surface area contributed by atoms with Gasteiger partial charge in [0.2, 0.25) is 10.0 Å². The highest BCUT2D eigenvalue weighted by Crippen LogP contribution is 2.21. The molecule has 1 aliphatic heterocycles. The Morgan fingerprint density at radius 1 is 1.23 bits per heavy atom. The first-order valence-corrected chi connectivity index (χ1v) is 11.9. The molecule has 1 heterocycles. The number of nitrogens with one attached hydrogen (secondary N) is 1. The van der Waals surface area contributed by atoms with E-state index in [-0.39, 0.29) is 29.5 Å². The summed E-state index contributed by atoms with van der Waals surface area (Å²) in [6, 6.07) is 13.7. The Kier molecular flexibility index (Phi) is 7.69. The van der Waals surface area contributed by atoms with Crippen molar-refractivity contribution in [3.63, 3.8) is 0 Å². The number of para-hydroxylation sites is 1. The first-order chi connectivity index (χ1) is 14.8. The van der Waals surface area contributed by atoms with Crippen LogP contribution in [0.5, 0.6) is 5.75 Å². The van der Waals surface area contributed by atoms with Crippen LogP contribution in [0.15, 0.2) is 53.4 Å². The number of ether oxygens (including phenoxy) is 2. The zero-order valence-electron chi connectivity index (χ0n) is 18.2. The van der Waals surface area contributed by atoms with E-state index in [9.17, 15) is 13.2 Å². The van der Waals surface area contributed by atoms with Gasteiger partial charge in [0.1, 0.15) is 5.75 Å². The molecule has 31 heavy (non-hydrogen) atoms. The van der Waals surface area contributed by atoms with Gasteiger partial charge in [0, 0.05) is 31.8 Å². The quantitative estimate of drug-likeness (QED) is 0.640. The summed E-state index contributed by atoms with van der Waals surface area (Å²) in [5.41, 5.74) is 1.46. The highest BCUT2D eigenvalue weighted by Gasteiger charge is 2.22. The number of benzene rings is 2. The SMILES string of the molecule is COc1ccccc1C[C@H](C)N(C)C(=O)c1ccc(S(=O)(=O)NC[C@H]2CCCO2)cc1. The molecular formula is C23H30N2O5S. The number of carbonyl (C=O) groups is 1. The van der Waals surface area contributed by atoms with Gasteiger partial charge in [-0.15, -0.1) is 0 Å². The van der Waals surface area contributed by atoms with Crippen molar-refractivity contribution in [2.45, 2.75) is 43.2 Å². The van der Waals surface area contributed by atoms with Crippen LogP contribution in [0.2, 0.25) is 0 Å². The van der Waals surface area contributed by atoms with E-state index in [1.54, 1.807) is 31.2 Å². The Morgan fingerprint density at radius 2 is 1.94 bits per heavy atom. The minimum atomic E-state index is -3.64. The van der Waals surface area contributed by atoms with Crippen molar-refractivity contribution in [2.75, 3.05) is 27.3 Å². The Hall–Kier alpha value is -2.42. The van der Waals surface area contributed by atoms with Gasteiger partial charge in [0.25, 0.3) is 5.91 Å². The van der Waals surface area contributed by atoms with E-state index in [0.29, 0.717) is 18.6 Å². The maximum absolute atomic E-state index is 12.9. The molecule has 168 valence electrons. The summed E-state index contributed by atoms with van der Waals surface area (Å²) in [5.74, 6) is 0.624. The van der Waals surface area contributed by atoms with Crippen molar-refractivity contribution in [1.82, 2.24) is 9.62 Å². The second-order valence-electron chi connectivity index (χ2n) is 7.79. The summed E-state index contributed by atoms with van der Waals surface area (Å²) in [5, 5.41) is 0. The van der Waals surface area contributed by atoms with Crippen molar-refractivity contribution in [2.24, 2.45) is 0 Å². The molecule has 0 aliphatic carbocycles. The number of likely N-dealkylation sites (N-methyl/N-ethyl adjacent to an activating group) is 1. The fourth-order valence-electron chi connectivity index (χ4n) is 3.60. The summed E-state index contributed by atoms with van der Waals surface area (Å²) in [4.78, 5) is 14.7. The maximum atomic E-state index is 12.9. The molecule has 3 rings (SSSR count). The Labute approximate surface area is 184 Å². The van der Waals surface area contributed by atoms with Crippen LogP contribution in [0.4, 0.5) is 0 Å². The first kappa shape index (κ1) is 23.2. The molecule has 0 spiro atoms. The monoisotopic (exact) mass is 446 g/mol. The smallest absolute Gasteiger partial charge is 0.253 e. The Morgan fingerprint density at radius 3 is 2.58 bits per heavy atom. The van der Waals surface area contributed by atoms with E-state index in [1.165, 1.54) is 12.1 Å². The molecule has 8 heteroatoms. The molecule has 2 aromatic rings. The number of sulfonamides is 1. The minimum absolute atomic E-state index is 0.0692. The van der Waals surface area contributed by atoms with Crippen molar-refractivity contribution >= 4 is 15.9 Å². The van der Waals surface area contributed by atoms with Gasteiger partial charge >= 0.3 is 0 Å². The number of methoxy groups -OCH3 is 1. The number of carbonyl (C=O) groups excluding carboxylic acids is 1. The van der Waals surface area contributed by atoms with Crippen molar-refractivity contribution in [1.29, 1.82) is 0 Å². The van der Waals surface area contributed by atoms with E-state index < -0.39 is 10.0 Å². The second kappa shape index (κ2) is 10.3. The van der Waals surface area contributed by atoms with E-state index in [1.807, 2.05) is 31.2 Å². The highest BCUT2D eigenvalue weighted by atomic mass is 32.2. The van der Waals surface area contributed by atoms with Gasteiger partial charge in [-0.25, -0.2) is 13.1 Å². The van der Waals surface area contributed by atoms with Crippen molar-refractivity contribution in [3.05, 3.63) is 59.7 Å². The molecule has 0 saturated carbocycles. The molecule has 1 aliphatic rings. The van der Waals surface area contributed by atoms with E-state index in [4.69, 9.17) is 9.47 Å². The topological polar surface area (TPSA) is 84.9 Å². The molecule has 1 N–H and O–H groups in total. The number of rotatable bonds is 9. The zero-order chi connectivity index (χ0) is 22.4. The van der Waals surface area contributed by atoms with E-state index in [0.717, 1.165) is 24.2 Å². The minimum Gasteiger partial charge on any atom is -0.496 e. The van der Waals surface area contributed by atoms with Crippen LogP contribution < -0.4 is 9.46 Å². The molecule has 7 nitrogen and oxygen atoms in total. The number of hydrogen-bond acceptors (Lipinski definition) is 5. The van der Waals surface area contributed by atoms with E-state index >= 15 is 0 Å². The van der Waals surface area contributed by atoms with Crippen LogP contribution in [0, 0.1) is 0 Å². The van der Waals surface area contributed by atoms with Crippen LogP contribution in [0.1, 0.15) is 35.7 Å². The van der Waals surface area contributed by atoms with Gasteiger partial charge in [-0.05, 0) is 62.1 Å². The van der Waals surface area contributed by atoms with Gasteiger partial charge in [-0.1, -0.05) is 18.2 Å². The molecule has 2 aromatic carbocycles. The number of hydrogen-bond donors (Lipinski definition) is 1. The number of amides is 1. The van der Waals surface area contributed by atoms with Gasteiger partial charge < -0.3 is 14.4 Å². The van der Waals surface area contributed by atoms with Gasteiger partial charge in [-0.2, -0.15) is 0 Å². The van der Waals surface area contributed by atoms with Gasteiger partial charge in [-0.3, -0.25) is 4.79 Å². The van der Waals surface area contributed by atoms with Gasteiger partial charge in [0.15, 0.2) is 0 Å². The summed E-state index contributed by atoms with van der Waals surface area (Å²) >= 11 is 0. The lowest BCUT2D eigenvalue weighted by Crippen LogP contribution is -2.36. The van der Waals surface area contributed by atoms with Crippen LogP contribution in [0.25, 0.3) is 0 Å². The fraction of sp³-hybridized carbons (Fsp3) is 0.435. The molecule has 1 saturated heterocycles. The Balaban J connectivity index is 1.63. The first-order valence-electron chi connectivity index (χ1n) is 10.4. The standard InChI is InChI=1S/C23H30N2O5S/c1-17(15-19-7-4-5-9-22(19)29-3)25(2)23(26)18-10-12-21(13-11-18)31(27,28)24-16-20-8-6-14-30-20/h4-5,7,9-13,17,20,24H,6,8,14-16H2,1-3H3/t17-,20+/m0/s1. The largest absolute Gasteiger partial charge is 0.496 e. The van der Waals surface area contributed by atoms with Crippen LogP contribution in [0.3, 0.4) is 0 Å².